The maximum Gasteiger partial charge on any atom is 0.256 e. The summed E-state index contributed by atoms with van der Waals surface area (Å²) in [6.07, 6.45) is 2.60. The number of fused-ring (bicyclic) bond motifs is 1. The van der Waals surface area contributed by atoms with Crippen LogP contribution in [0.15, 0.2) is 36.5 Å². The number of rotatable bonds is 1. The van der Waals surface area contributed by atoms with Gasteiger partial charge < -0.3 is 10.6 Å². The molecule has 2 heterocycles. The van der Waals surface area contributed by atoms with Crippen molar-refractivity contribution in [3.63, 3.8) is 0 Å². The SMILES string of the molecule is Cc1ccc(N)c(C(=O)N2CCc3ncccc3C2)c1. The fourth-order valence-electron chi connectivity index (χ4n) is 2.56. The molecule has 2 aromatic rings. The van der Waals surface area contributed by atoms with Crippen molar-refractivity contribution < 1.29 is 4.79 Å². The van der Waals surface area contributed by atoms with E-state index in [0.717, 1.165) is 23.2 Å². The molecule has 0 bridgehead atoms. The third-order valence-corrected chi connectivity index (χ3v) is 3.69. The third kappa shape index (κ3) is 2.25. The van der Waals surface area contributed by atoms with Gasteiger partial charge in [0, 0.05) is 37.1 Å². The number of nitrogens with two attached hydrogens (primary N) is 1. The smallest absolute Gasteiger partial charge is 0.256 e. The van der Waals surface area contributed by atoms with Gasteiger partial charge in [0.05, 0.1) is 5.56 Å². The summed E-state index contributed by atoms with van der Waals surface area (Å²) in [4.78, 5) is 18.8. The van der Waals surface area contributed by atoms with E-state index in [9.17, 15) is 4.79 Å². The maximum absolute atomic E-state index is 12.6. The molecule has 1 aromatic carbocycles. The number of anilines is 1. The molecule has 1 aliphatic heterocycles. The lowest BCUT2D eigenvalue weighted by atomic mass is 10.0. The van der Waals surface area contributed by atoms with Crippen LogP contribution >= 0.6 is 0 Å². The lowest BCUT2D eigenvalue weighted by molar-refractivity contribution is 0.0734. The third-order valence-electron chi connectivity index (χ3n) is 3.69. The molecular formula is C16H17N3O. The van der Waals surface area contributed by atoms with Crippen LogP contribution in [-0.4, -0.2) is 22.3 Å². The van der Waals surface area contributed by atoms with Gasteiger partial charge in [-0.1, -0.05) is 17.7 Å². The van der Waals surface area contributed by atoms with Crippen molar-refractivity contribution in [3.05, 3.63) is 58.9 Å². The standard InChI is InChI=1S/C16H17N3O/c1-11-4-5-14(17)13(9-11)16(20)19-8-6-15-12(10-19)3-2-7-18-15/h2-5,7,9H,6,8,10,17H2,1H3. The minimum absolute atomic E-state index is 0.000651. The first kappa shape index (κ1) is 12.7. The van der Waals surface area contributed by atoms with Crippen molar-refractivity contribution in [3.8, 4) is 0 Å². The Morgan fingerprint density at radius 3 is 3.05 bits per heavy atom. The molecule has 0 fully saturated rings. The van der Waals surface area contributed by atoms with E-state index in [4.69, 9.17) is 5.73 Å². The Balaban J connectivity index is 1.88. The van der Waals surface area contributed by atoms with Gasteiger partial charge in [0.15, 0.2) is 0 Å². The van der Waals surface area contributed by atoms with Crippen molar-refractivity contribution in [1.29, 1.82) is 0 Å². The normalized spacial score (nSPS) is 13.9. The maximum atomic E-state index is 12.6. The van der Waals surface area contributed by atoms with Crippen molar-refractivity contribution in [2.24, 2.45) is 0 Å². The summed E-state index contributed by atoms with van der Waals surface area (Å²) in [5.41, 5.74) is 10.3. The van der Waals surface area contributed by atoms with Crippen LogP contribution in [0, 0.1) is 6.92 Å². The summed E-state index contributed by atoms with van der Waals surface area (Å²) in [6, 6.07) is 9.51. The topological polar surface area (TPSA) is 59.2 Å². The zero-order valence-corrected chi connectivity index (χ0v) is 11.5. The van der Waals surface area contributed by atoms with Crippen LogP contribution in [0.4, 0.5) is 5.69 Å². The van der Waals surface area contributed by atoms with E-state index in [1.807, 2.05) is 36.1 Å². The number of hydrogen-bond acceptors (Lipinski definition) is 3. The van der Waals surface area contributed by atoms with E-state index in [-0.39, 0.29) is 5.91 Å². The predicted octanol–water partition coefficient (Wildman–Crippen LogP) is 2.17. The zero-order valence-electron chi connectivity index (χ0n) is 11.5. The number of carbonyl (C=O) groups excluding carboxylic acids is 1. The van der Waals surface area contributed by atoms with E-state index < -0.39 is 0 Å². The Morgan fingerprint density at radius 1 is 1.35 bits per heavy atom. The molecule has 4 heteroatoms. The summed E-state index contributed by atoms with van der Waals surface area (Å²) in [5.74, 6) is 0.000651. The molecule has 102 valence electrons. The Hall–Kier alpha value is -2.36. The monoisotopic (exact) mass is 267 g/mol. The Kier molecular flexibility index (Phi) is 3.14. The van der Waals surface area contributed by atoms with Gasteiger partial charge in [-0.2, -0.15) is 0 Å². The molecule has 1 aromatic heterocycles. The molecule has 0 spiro atoms. The second-order valence-electron chi connectivity index (χ2n) is 5.18. The lowest BCUT2D eigenvalue weighted by Gasteiger charge is -2.28. The van der Waals surface area contributed by atoms with Crippen molar-refractivity contribution in [2.75, 3.05) is 12.3 Å². The molecule has 1 amide bonds. The van der Waals surface area contributed by atoms with E-state index in [2.05, 4.69) is 4.98 Å². The summed E-state index contributed by atoms with van der Waals surface area (Å²) >= 11 is 0. The number of benzene rings is 1. The molecule has 0 radical (unpaired) electrons. The number of nitrogen functional groups attached to an aromatic ring is 1. The Labute approximate surface area is 118 Å². The minimum Gasteiger partial charge on any atom is -0.398 e. The molecule has 0 atom stereocenters. The van der Waals surface area contributed by atoms with Crippen molar-refractivity contribution in [1.82, 2.24) is 9.88 Å². The highest BCUT2D eigenvalue weighted by molar-refractivity contribution is 5.99. The summed E-state index contributed by atoms with van der Waals surface area (Å²) in [5, 5.41) is 0. The largest absolute Gasteiger partial charge is 0.398 e. The first-order chi connectivity index (χ1) is 9.65. The highest BCUT2D eigenvalue weighted by Crippen LogP contribution is 2.21. The second-order valence-corrected chi connectivity index (χ2v) is 5.18. The highest BCUT2D eigenvalue weighted by Gasteiger charge is 2.23. The molecule has 2 N–H and O–H groups in total. The number of aromatic nitrogens is 1. The molecule has 0 aliphatic carbocycles. The highest BCUT2D eigenvalue weighted by atomic mass is 16.2. The van der Waals surface area contributed by atoms with Gasteiger partial charge >= 0.3 is 0 Å². The van der Waals surface area contributed by atoms with E-state index >= 15 is 0 Å². The first-order valence-corrected chi connectivity index (χ1v) is 6.73. The average molecular weight is 267 g/mol. The molecule has 0 saturated heterocycles. The number of amides is 1. The van der Waals surface area contributed by atoms with Crippen LogP contribution in [0.5, 0.6) is 0 Å². The molecule has 4 nitrogen and oxygen atoms in total. The fraction of sp³-hybridized carbons (Fsp3) is 0.250. The van der Waals surface area contributed by atoms with Crippen LogP contribution in [0.25, 0.3) is 0 Å². The Morgan fingerprint density at radius 2 is 2.20 bits per heavy atom. The van der Waals surface area contributed by atoms with E-state index in [1.54, 1.807) is 12.3 Å². The average Bonchev–Trinajstić information content (AvgIpc) is 2.48. The van der Waals surface area contributed by atoms with Crippen molar-refractivity contribution in [2.45, 2.75) is 19.9 Å². The molecule has 0 unspecified atom stereocenters. The van der Waals surface area contributed by atoms with Crippen molar-refractivity contribution >= 4 is 11.6 Å². The number of nitrogens with zero attached hydrogens (tertiary/aromatic N) is 2. The van der Waals surface area contributed by atoms with Gasteiger partial charge in [0.1, 0.15) is 0 Å². The van der Waals surface area contributed by atoms with Crippen LogP contribution in [-0.2, 0) is 13.0 Å². The zero-order chi connectivity index (χ0) is 14.1. The fourth-order valence-corrected chi connectivity index (χ4v) is 2.56. The molecule has 20 heavy (non-hydrogen) atoms. The molecule has 3 rings (SSSR count). The van der Waals surface area contributed by atoms with Gasteiger partial charge in [0.25, 0.3) is 5.91 Å². The van der Waals surface area contributed by atoms with E-state index in [1.165, 1.54) is 0 Å². The molecule has 1 aliphatic rings. The van der Waals surface area contributed by atoms with E-state index in [0.29, 0.717) is 24.3 Å². The van der Waals surface area contributed by atoms with Gasteiger partial charge in [0.2, 0.25) is 0 Å². The van der Waals surface area contributed by atoms with Crippen LogP contribution in [0.2, 0.25) is 0 Å². The number of aryl methyl sites for hydroxylation is 1. The second kappa shape index (κ2) is 4.96. The number of pyridine rings is 1. The van der Waals surface area contributed by atoms with Crippen LogP contribution < -0.4 is 5.73 Å². The quantitative estimate of drug-likeness (QED) is 0.806. The van der Waals surface area contributed by atoms with Gasteiger partial charge in [-0.3, -0.25) is 9.78 Å². The van der Waals surface area contributed by atoms with Crippen LogP contribution in [0.1, 0.15) is 27.2 Å². The number of hydrogen-bond donors (Lipinski definition) is 1. The summed E-state index contributed by atoms with van der Waals surface area (Å²) in [7, 11) is 0. The van der Waals surface area contributed by atoms with Gasteiger partial charge in [-0.25, -0.2) is 0 Å². The predicted molar refractivity (Wildman–Crippen MR) is 78.3 cm³/mol. The molecule has 0 saturated carbocycles. The lowest BCUT2D eigenvalue weighted by Crippen LogP contribution is -2.36. The summed E-state index contributed by atoms with van der Waals surface area (Å²) < 4.78 is 0. The first-order valence-electron chi connectivity index (χ1n) is 6.73. The van der Waals surface area contributed by atoms with Crippen LogP contribution in [0.3, 0.4) is 0 Å². The minimum atomic E-state index is 0.000651. The molecular weight excluding hydrogens is 250 g/mol. The Bertz CT molecular complexity index is 667. The summed E-state index contributed by atoms with van der Waals surface area (Å²) in [6.45, 7) is 3.26. The number of carbonyl (C=O) groups is 1. The van der Waals surface area contributed by atoms with Gasteiger partial charge in [-0.05, 0) is 30.7 Å². The van der Waals surface area contributed by atoms with Gasteiger partial charge in [-0.15, -0.1) is 0 Å².